The Morgan fingerprint density at radius 3 is 2.42 bits per heavy atom. The molecule has 12 rings (SSSR count). The average Bonchev–Trinajstić information content (AvgIpc) is 4.01. The van der Waals surface area contributed by atoms with Crippen molar-refractivity contribution in [3.8, 4) is 17.3 Å². The summed E-state index contributed by atoms with van der Waals surface area (Å²) in [5.41, 5.74) is 4.15. The number of urea groups is 1. The van der Waals surface area contributed by atoms with Crippen LogP contribution >= 0.6 is 0 Å². The fourth-order valence-corrected chi connectivity index (χ4v) is 13.0. The molecule has 1 unspecified atom stereocenters. The van der Waals surface area contributed by atoms with Gasteiger partial charge in [0.15, 0.2) is 11.6 Å². The second kappa shape index (κ2) is 18.0. The third-order valence-corrected chi connectivity index (χ3v) is 17.3. The van der Waals surface area contributed by atoms with E-state index in [1.807, 2.05) is 32.0 Å². The standard InChI is InChI=1S/C55H63F3N10O3/c1-4-37-42(56)8-7-35-22-33(3)23-40(46(35)37)48-47(58)49-41(28-59-48)50(67-16-5-6-32(2)29-67)62-52(61-49)71-31-55(12-13-55)30-65-20-14-54(15-21-65)26-36(27-54)66-17-9-34(10-18-66)38-25-44-39(24-43(38)57)51(64-63-44)68-19-11-45(69)60-53(68)70/h7-8,22-25,28,32,34,36H,4-6,9-21,26-27,29-31H2,1-3H3,(H,63,64)(H,60,69,70). The number of likely N-dealkylation sites (tertiary alicyclic amines) is 2. The van der Waals surface area contributed by atoms with Crippen LogP contribution in [0.5, 0.6) is 6.01 Å². The number of carbonyl (C=O) groups is 2. The lowest BCUT2D eigenvalue weighted by Gasteiger charge is -2.56. The first-order chi connectivity index (χ1) is 34.3. The minimum Gasteiger partial charge on any atom is -0.463 e. The molecule has 372 valence electrons. The van der Waals surface area contributed by atoms with Crippen molar-refractivity contribution in [3.63, 3.8) is 0 Å². The lowest BCUT2D eigenvalue weighted by Crippen LogP contribution is -2.56. The Balaban J connectivity index is 0.682. The molecule has 3 aromatic carbocycles. The summed E-state index contributed by atoms with van der Waals surface area (Å²) < 4.78 is 54.7. The largest absolute Gasteiger partial charge is 0.463 e. The van der Waals surface area contributed by atoms with Crippen molar-refractivity contribution >= 4 is 56.2 Å². The van der Waals surface area contributed by atoms with E-state index in [-0.39, 0.29) is 59.1 Å². The molecule has 6 aromatic rings. The zero-order valence-corrected chi connectivity index (χ0v) is 41.1. The topological polar surface area (TPSA) is 136 Å². The Bertz CT molecular complexity index is 3080. The van der Waals surface area contributed by atoms with Gasteiger partial charge in [0.2, 0.25) is 5.91 Å². The summed E-state index contributed by atoms with van der Waals surface area (Å²) in [6.07, 6.45) is 13.2. The predicted octanol–water partition coefficient (Wildman–Crippen LogP) is 9.98. The van der Waals surface area contributed by atoms with E-state index < -0.39 is 11.8 Å². The van der Waals surface area contributed by atoms with Crippen LogP contribution in [0.15, 0.2) is 42.6 Å². The third-order valence-electron chi connectivity index (χ3n) is 17.3. The Hall–Kier alpha value is -5.87. The normalized spacial score (nSPS) is 22.2. The van der Waals surface area contributed by atoms with Crippen molar-refractivity contribution in [1.29, 1.82) is 0 Å². The van der Waals surface area contributed by atoms with Gasteiger partial charge in [-0.2, -0.15) is 15.1 Å². The van der Waals surface area contributed by atoms with E-state index in [2.05, 4.69) is 37.1 Å². The van der Waals surface area contributed by atoms with Crippen LogP contribution in [0.1, 0.15) is 107 Å². The Morgan fingerprint density at radius 2 is 1.68 bits per heavy atom. The van der Waals surface area contributed by atoms with Crippen molar-refractivity contribution in [3.05, 3.63) is 76.7 Å². The molecule has 1 atom stereocenters. The number of carbonyl (C=O) groups excluding carboxylic acids is 2. The number of H-pyrrole nitrogens is 1. The summed E-state index contributed by atoms with van der Waals surface area (Å²) in [6, 6.07) is 10.7. The number of piperidine rings is 3. The van der Waals surface area contributed by atoms with Crippen molar-refractivity contribution < 1.29 is 27.5 Å². The minimum absolute atomic E-state index is 0.00727. The number of nitrogens with one attached hydrogen (secondary N) is 2. The van der Waals surface area contributed by atoms with E-state index in [0.717, 1.165) is 95.3 Å². The number of nitrogens with zero attached hydrogens (tertiary/aromatic N) is 8. The second-order valence-corrected chi connectivity index (χ2v) is 22.2. The highest BCUT2D eigenvalue weighted by molar-refractivity contribution is 6.09. The van der Waals surface area contributed by atoms with Gasteiger partial charge in [0, 0.05) is 61.2 Å². The molecular weight excluding hydrogens is 906 g/mol. The maximum absolute atomic E-state index is 17.2. The number of halogens is 3. The summed E-state index contributed by atoms with van der Waals surface area (Å²) in [5.74, 6) is 0.113. The van der Waals surface area contributed by atoms with Gasteiger partial charge >= 0.3 is 12.0 Å². The molecule has 3 aromatic heterocycles. The number of imide groups is 1. The number of rotatable bonds is 11. The van der Waals surface area contributed by atoms with E-state index in [1.165, 1.54) is 42.7 Å². The SMILES string of the molecule is CCc1c(F)ccc2cc(C)cc(-c3ncc4c(N5CCCC(C)C5)nc(OCC5(CN6CCC7(CC6)CC(N6CCC(c8cc9[nH]nc(N%10CCC(=O)NC%10=O)c9cc8F)CC6)C7)CC5)nc4c3F)c12. The lowest BCUT2D eigenvalue weighted by atomic mass is 9.59. The molecule has 3 amide bonds. The van der Waals surface area contributed by atoms with Crippen LogP contribution in [0.2, 0.25) is 0 Å². The number of benzene rings is 3. The van der Waals surface area contributed by atoms with E-state index in [0.29, 0.717) is 80.4 Å². The molecule has 4 saturated heterocycles. The predicted molar refractivity (Wildman–Crippen MR) is 268 cm³/mol. The van der Waals surface area contributed by atoms with Crippen molar-refractivity contribution in [1.82, 2.24) is 40.3 Å². The highest BCUT2D eigenvalue weighted by Gasteiger charge is 2.51. The highest BCUT2D eigenvalue weighted by Crippen LogP contribution is 2.53. The monoisotopic (exact) mass is 969 g/mol. The van der Waals surface area contributed by atoms with Crippen LogP contribution in [0.4, 0.5) is 29.6 Å². The first-order valence-electron chi connectivity index (χ1n) is 26.1. The highest BCUT2D eigenvalue weighted by atomic mass is 19.1. The van der Waals surface area contributed by atoms with E-state index in [1.54, 1.807) is 12.3 Å². The van der Waals surface area contributed by atoms with Crippen LogP contribution in [0.25, 0.3) is 43.8 Å². The fraction of sp³-hybridized carbons (Fsp3) is 0.527. The Kier molecular flexibility index (Phi) is 11.7. The first-order valence-corrected chi connectivity index (χ1v) is 26.1. The van der Waals surface area contributed by atoms with Crippen molar-refractivity contribution in [2.45, 2.75) is 110 Å². The van der Waals surface area contributed by atoms with Gasteiger partial charge in [-0.1, -0.05) is 26.0 Å². The van der Waals surface area contributed by atoms with Crippen molar-refractivity contribution in [2.24, 2.45) is 16.7 Å². The number of aryl methyl sites for hydroxylation is 2. The summed E-state index contributed by atoms with van der Waals surface area (Å²) in [4.78, 5) is 47.6. The van der Waals surface area contributed by atoms with Gasteiger partial charge in [-0.25, -0.2) is 18.0 Å². The zero-order valence-electron chi connectivity index (χ0n) is 41.1. The van der Waals surface area contributed by atoms with Crippen LogP contribution in [-0.4, -0.2) is 112 Å². The van der Waals surface area contributed by atoms with E-state index >= 15 is 13.2 Å². The molecule has 0 radical (unpaired) electrons. The van der Waals surface area contributed by atoms with Gasteiger partial charge < -0.3 is 19.4 Å². The number of fused-ring (bicyclic) bond motifs is 3. The number of hydrogen-bond acceptors (Lipinski definition) is 10. The van der Waals surface area contributed by atoms with Gasteiger partial charge in [0.05, 0.1) is 17.5 Å². The van der Waals surface area contributed by atoms with Gasteiger partial charge in [-0.05, 0) is 173 Å². The maximum atomic E-state index is 17.2. The average molecular weight is 969 g/mol. The van der Waals surface area contributed by atoms with Gasteiger partial charge in [-0.3, -0.25) is 25.1 Å². The molecule has 13 nitrogen and oxygen atoms in total. The third kappa shape index (κ3) is 8.55. The molecule has 6 aliphatic rings. The molecule has 2 aliphatic carbocycles. The second-order valence-electron chi connectivity index (χ2n) is 22.2. The van der Waals surface area contributed by atoms with Gasteiger partial charge in [0.25, 0.3) is 0 Å². The summed E-state index contributed by atoms with van der Waals surface area (Å²) >= 11 is 0. The van der Waals surface area contributed by atoms with Gasteiger partial charge in [0.1, 0.15) is 28.7 Å². The summed E-state index contributed by atoms with van der Waals surface area (Å²) in [5, 5.41) is 12.3. The fourth-order valence-electron chi connectivity index (χ4n) is 13.0. The van der Waals surface area contributed by atoms with Crippen LogP contribution < -0.4 is 19.9 Å². The number of ether oxygens (including phenoxy) is 1. The number of amides is 3. The molecule has 0 bridgehead atoms. The molecule has 6 fully saturated rings. The van der Waals surface area contributed by atoms with Crippen LogP contribution in [0.3, 0.4) is 0 Å². The smallest absolute Gasteiger partial charge is 0.329 e. The zero-order chi connectivity index (χ0) is 48.8. The molecule has 71 heavy (non-hydrogen) atoms. The molecule has 7 heterocycles. The van der Waals surface area contributed by atoms with Crippen LogP contribution in [0, 0.1) is 41.1 Å². The quantitative estimate of drug-likeness (QED) is 0.129. The van der Waals surface area contributed by atoms with Gasteiger partial charge in [-0.15, -0.1) is 0 Å². The minimum atomic E-state index is -0.548. The number of hydrogen-bond donors (Lipinski definition) is 2. The first kappa shape index (κ1) is 46.2. The Morgan fingerprint density at radius 1 is 0.873 bits per heavy atom. The molecule has 2 N–H and O–H groups in total. The number of pyridine rings is 1. The van der Waals surface area contributed by atoms with E-state index in [4.69, 9.17) is 19.7 Å². The Labute approximate surface area is 411 Å². The number of aromatic amines is 1. The molecule has 2 saturated carbocycles. The van der Waals surface area contributed by atoms with E-state index in [9.17, 15) is 9.59 Å². The molecular formula is C55H63F3N10O3. The van der Waals surface area contributed by atoms with Crippen LogP contribution in [-0.2, 0) is 11.2 Å². The number of aromatic nitrogens is 5. The summed E-state index contributed by atoms with van der Waals surface area (Å²) in [6.45, 7) is 13.4. The lowest BCUT2D eigenvalue weighted by molar-refractivity contribution is -0.120. The maximum Gasteiger partial charge on any atom is 0.329 e. The summed E-state index contributed by atoms with van der Waals surface area (Å²) in [7, 11) is 0. The van der Waals surface area contributed by atoms with Crippen molar-refractivity contribution in [2.75, 3.05) is 68.8 Å². The number of anilines is 2. The molecule has 1 spiro atoms. The molecule has 16 heteroatoms. The molecule has 4 aliphatic heterocycles.